The number of nitrogens with one attached hydrogen (secondary N) is 1. The molecule has 0 saturated carbocycles. The molecule has 0 aliphatic carbocycles. The number of carbonyl (C=O) groups is 2. The van der Waals surface area contributed by atoms with Gasteiger partial charge in [-0.1, -0.05) is 18.2 Å². The van der Waals surface area contributed by atoms with E-state index >= 15 is 0 Å². The Kier molecular flexibility index (Phi) is 5.00. The molecule has 0 spiro atoms. The van der Waals surface area contributed by atoms with Gasteiger partial charge in [0.25, 0.3) is 5.91 Å². The molecule has 25 heavy (non-hydrogen) atoms. The molecule has 7 nitrogen and oxygen atoms in total. The van der Waals surface area contributed by atoms with Gasteiger partial charge in [0.15, 0.2) is 5.16 Å². The number of aromatic carboxylic acids is 1. The van der Waals surface area contributed by atoms with Crippen LogP contribution in [0.4, 0.5) is 5.69 Å². The summed E-state index contributed by atoms with van der Waals surface area (Å²) < 4.78 is 0. The number of pyridine rings is 1. The minimum atomic E-state index is -1.12. The highest BCUT2D eigenvalue weighted by Crippen LogP contribution is 2.21. The average molecular weight is 352 g/mol. The van der Waals surface area contributed by atoms with Gasteiger partial charge >= 0.3 is 5.97 Å². The third-order valence-electron chi connectivity index (χ3n) is 3.13. The van der Waals surface area contributed by atoms with Crippen molar-refractivity contribution in [3.63, 3.8) is 0 Å². The predicted octanol–water partition coefficient (Wildman–Crippen LogP) is 2.97. The summed E-state index contributed by atoms with van der Waals surface area (Å²) in [5.74, 6) is -1.60. The van der Waals surface area contributed by atoms with E-state index < -0.39 is 11.9 Å². The SMILES string of the molecule is O=C(Nc1ccccc1C(=O)O)c1cnc(Sc2ccccn2)nc1. The molecular weight excluding hydrogens is 340 g/mol. The van der Waals surface area contributed by atoms with E-state index in [-0.39, 0.29) is 16.8 Å². The number of amides is 1. The van der Waals surface area contributed by atoms with Crippen molar-refractivity contribution in [1.29, 1.82) is 0 Å². The maximum absolute atomic E-state index is 12.3. The smallest absolute Gasteiger partial charge is 0.337 e. The molecule has 0 aliphatic rings. The van der Waals surface area contributed by atoms with Crippen molar-refractivity contribution in [1.82, 2.24) is 15.0 Å². The molecule has 3 rings (SSSR count). The molecular formula is C17H12N4O3S. The molecule has 3 aromatic rings. The van der Waals surface area contributed by atoms with Gasteiger partial charge in [-0.3, -0.25) is 4.79 Å². The molecule has 0 fully saturated rings. The zero-order valence-electron chi connectivity index (χ0n) is 12.8. The molecule has 0 radical (unpaired) electrons. The zero-order chi connectivity index (χ0) is 17.6. The highest BCUT2D eigenvalue weighted by Gasteiger charge is 2.14. The van der Waals surface area contributed by atoms with Gasteiger partial charge in [0.1, 0.15) is 5.03 Å². The first-order valence-corrected chi connectivity index (χ1v) is 8.00. The summed E-state index contributed by atoms with van der Waals surface area (Å²) in [7, 11) is 0. The van der Waals surface area contributed by atoms with Crippen LogP contribution in [0.3, 0.4) is 0 Å². The molecule has 124 valence electrons. The van der Waals surface area contributed by atoms with Gasteiger partial charge in [-0.15, -0.1) is 0 Å². The maximum atomic E-state index is 12.3. The van der Waals surface area contributed by atoms with E-state index in [9.17, 15) is 9.59 Å². The number of hydrogen-bond acceptors (Lipinski definition) is 6. The molecule has 0 atom stereocenters. The molecule has 0 unspecified atom stereocenters. The van der Waals surface area contributed by atoms with Crippen molar-refractivity contribution < 1.29 is 14.7 Å². The number of carbonyl (C=O) groups excluding carboxylic acids is 1. The number of anilines is 1. The van der Waals surface area contributed by atoms with Crippen LogP contribution in [0, 0.1) is 0 Å². The zero-order valence-corrected chi connectivity index (χ0v) is 13.6. The van der Waals surface area contributed by atoms with E-state index in [4.69, 9.17) is 5.11 Å². The first-order chi connectivity index (χ1) is 12.1. The fraction of sp³-hybridized carbons (Fsp3) is 0. The predicted molar refractivity (Wildman–Crippen MR) is 91.7 cm³/mol. The van der Waals surface area contributed by atoms with E-state index in [0.29, 0.717) is 5.16 Å². The van der Waals surface area contributed by atoms with Crippen molar-refractivity contribution in [2.24, 2.45) is 0 Å². The topological polar surface area (TPSA) is 105 Å². The Morgan fingerprint density at radius 2 is 1.68 bits per heavy atom. The van der Waals surface area contributed by atoms with E-state index in [2.05, 4.69) is 20.3 Å². The van der Waals surface area contributed by atoms with Crippen LogP contribution in [0.1, 0.15) is 20.7 Å². The molecule has 2 aromatic heterocycles. The van der Waals surface area contributed by atoms with Gasteiger partial charge < -0.3 is 10.4 Å². The summed E-state index contributed by atoms with van der Waals surface area (Å²) in [4.78, 5) is 35.8. The second-order valence-electron chi connectivity index (χ2n) is 4.83. The molecule has 0 bridgehead atoms. The summed E-state index contributed by atoms with van der Waals surface area (Å²) >= 11 is 1.28. The van der Waals surface area contributed by atoms with Crippen molar-refractivity contribution >= 4 is 29.3 Å². The molecule has 2 heterocycles. The van der Waals surface area contributed by atoms with Crippen molar-refractivity contribution in [3.05, 3.63) is 72.2 Å². The lowest BCUT2D eigenvalue weighted by Crippen LogP contribution is -2.15. The number of carboxylic acid groups (broad SMARTS) is 1. The summed E-state index contributed by atoms with van der Waals surface area (Å²) in [6.07, 6.45) is 4.44. The van der Waals surface area contributed by atoms with Crippen LogP contribution < -0.4 is 5.32 Å². The first-order valence-electron chi connectivity index (χ1n) is 7.18. The highest BCUT2D eigenvalue weighted by atomic mass is 32.2. The van der Waals surface area contributed by atoms with Crippen LogP contribution in [0.15, 0.2) is 71.2 Å². The monoisotopic (exact) mass is 352 g/mol. The number of aromatic nitrogens is 3. The van der Waals surface area contributed by atoms with Gasteiger partial charge in [-0.25, -0.2) is 19.7 Å². The highest BCUT2D eigenvalue weighted by molar-refractivity contribution is 7.99. The molecule has 0 saturated heterocycles. The van der Waals surface area contributed by atoms with Crippen LogP contribution in [0.5, 0.6) is 0 Å². The lowest BCUT2D eigenvalue weighted by molar-refractivity contribution is 0.0698. The summed E-state index contributed by atoms with van der Waals surface area (Å²) in [5.41, 5.74) is 0.455. The fourth-order valence-corrected chi connectivity index (χ4v) is 2.62. The molecule has 8 heteroatoms. The maximum Gasteiger partial charge on any atom is 0.337 e. The second kappa shape index (κ2) is 7.54. The molecule has 0 aliphatic heterocycles. The van der Waals surface area contributed by atoms with Crippen molar-refractivity contribution in [2.45, 2.75) is 10.2 Å². The Hall–Kier alpha value is -3.26. The molecule has 1 amide bonds. The van der Waals surface area contributed by atoms with Gasteiger partial charge in [-0.05, 0) is 36.0 Å². The number of nitrogens with zero attached hydrogens (tertiary/aromatic N) is 3. The molecule has 2 N–H and O–H groups in total. The van der Waals surface area contributed by atoms with E-state index in [1.54, 1.807) is 18.3 Å². The average Bonchev–Trinajstić information content (AvgIpc) is 2.63. The van der Waals surface area contributed by atoms with Crippen LogP contribution in [-0.2, 0) is 0 Å². The minimum absolute atomic E-state index is 0.0131. The summed E-state index contributed by atoms with van der Waals surface area (Å²) in [5, 5.41) is 12.9. The fourth-order valence-electron chi connectivity index (χ4n) is 1.96. The van der Waals surface area contributed by atoms with Gasteiger partial charge in [0.05, 0.1) is 16.8 Å². The van der Waals surface area contributed by atoms with Gasteiger partial charge in [-0.2, -0.15) is 0 Å². The standard InChI is InChI=1S/C17H12N4O3S/c22-15(21-13-6-2-1-5-12(13)16(23)24)11-9-19-17(20-10-11)25-14-7-3-4-8-18-14/h1-10H,(H,21,22)(H,23,24). The third-order valence-corrected chi connectivity index (χ3v) is 3.97. The van der Waals surface area contributed by atoms with Crippen molar-refractivity contribution in [2.75, 3.05) is 5.32 Å². The van der Waals surface area contributed by atoms with E-state index in [1.165, 1.54) is 36.3 Å². The Labute approximate surface area is 147 Å². The van der Waals surface area contributed by atoms with Crippen LogP contribution in [-0.4, -0.2) is 31.9 Å². The van der Waals surface area contributed by atoms with Gasteiger partial charge in [0.2, 0.25) is 0 Å². The quantitative estimate of drug-likeness (QED) is 0.680. The number of benzene rings is 1. The minimum Gasteiger partial charge on any atom is -0.478 e. The Morgan fingerprint density at radius 3 is 2.36 bits per heavy atom. The summed E-state index contributed by atoms with van der Waals surface area (Å²) in [6.45, 7) is 0. The van der Waals surface area contributed by atoms with Crippen LogP contribution in [0.25, 0.3) is 0 Å². The number of carboxylic acids is 1. The normalized spacial score (nSPS) is 10.2. The van der Waals surface area contributed by atoms with Crippen molar-refractivity contribution in [3.8, 4) is 0 Å². The summed E-state index contributed by atoms with van der Waals surface area (Å²) in [6, 6.07) is 11.7. The first kappa shape index (κ1) is 16.6. The molecule has 1 aromatic carbocycles. The number of hydrogen-bond donors (Lipinski definition) is 2. The van der Waals surface area contributed by atoms with E-state index in [0.717, 1.165) is 5.03 Å². The number of para-hydroxylation sites is 1. The lowest BCUT2D eigenvalue weighted by atomic mass is 10.1. The van der Waals surface area contributed by atoms with Gasteiger partial charge in [0, 0.05) is 18.6 Å². The largest absolute Gasteiger partial charge is 0.478 e. The van der Waals surface area contributed by atoms with Crippen LogP contribution in [0.2, 0.25) is 0 Å². The lowest BCUT2D eigenvalue weighted by Gasteiger charge is -2.08. The third kappa shape index (κ3) is 4.18. The van der Waals surface area contributed by atoms with Crippen LogP contribution >= 0.6 is 11.8 Å². The Bertz CT molecular complexity index is 901. The second-order valence-corrected chi connectivity index (χ2v) is 5.82. The number of rotatable bonds is 5. The Balaban J connectivity index is 1.72. The Morgan fingerprint density at radius 1 is 0.960 bits per heavy atom. The van der Waals surface area contributed by atoms with E-state index in [1.807, 2.05) is 18.2 Å².